The van der Waals surface area contributed by atoms with E-state index >= 15 is 0 Å². The predicted octanol–water partition coefficient (Wildman–Crippen LogP) is 5.74. The number of rotatable bonds is 5. The number of hydrogen-bond acceptors (Lipinski definition) is 3. The van der Waals surface area contributed by atoms with Crippen LogP contribution in [0.15, 0.2) is 71.6 Å². The molecular weight excluding hydrogens is 456 g/mol. The molecule has 3 N–H and O–H groups in total. The quantitative estimate of drug-likeness (QED) is 0.415. The third kappa shape index (κ3) is 5.80. The van der Waals surface area contributed by atoms with Crippen molar-refractivity contribution in [3.63, 3.8) is 0 Å². The van der Waals surface area contributed by atoms with Gasteiger partial charge in [-0.15, -0.1) is 0 Å². The number of hydrogen-bond donors (Lipinski definition) is 3. The van der Waals surface area contributed by atoms with Gasteiger partial charge in [-0.2, -0.15) is 0 Å². The van der Waals surface area contributed by atoms with Crippen LogP contribution in [0.5, 0.6) is 0 Å². The van der Waals surface area contributed by atoms with Crippen LogP contribution in [0.4, 0.5) is 21.5 Å². The van der Waals surface area contributed by atoms with Crippen molar-refractivity contribution in [2.24, 2.45) is 0 Å². The van der Waals surface area contributed by atoms with Crippen molar-refractivity contribution >= 4 is 67.6 Å². The molecule has 0 saturated heterocycles. The van der Waals surface area contributed by atoms with E-state index in [1.165, 1.54) is 42.5 Å². The monoisotopic (exact) mass is 469 g/mol. The van der Waals surface area contributed by atoms with E-state index in [0.29, 0.717) is 22.1 Å². The maximum absolute atomic E-state index is 13.2. The lowest BCUT2D eigenvalue weighted by Gasteiger charge is -2.12. The molecule has 150 valence electrons. The number of nitrogens with one attached hydrogen (secondary N) is 3. The summed E-state index contributed by atoms with van der Waals surface area (Å²) in [6, 6.07) is 16.3. The van der Waals surface area contributed by atoms with Gasteiger partial charge >= 0.3 is 0 Å². The first kappa shape index (κ1) is 21.3. The molecule has 0 bridgehead atoms. The van der Waals surface area contributed by atoms with Gasteiger partial charge < -0.3 is 10.6 Å². The fraction of sp³-hybridized carbons (Fsp3) is 0. The summed E-state index contributed by atoms with van der Waals surface area (Å²) < 4.78 is 40.7. The summed E-state index contributed by atoms with van der Waals surface area (Å²) in [6.45, 7) is 0. The number of sulfonamides is 1. The lowest BCUT2D eigenvalue weighted by Crippen LogP contribution is -2.19. The highest BCUT2D eigenvalue weighted by molar-refractivity contribution is 7.92. The molecule has 0 atom stereocenters. The summed E-state index contributed by atoms with van der Waals surface area (Å²) in [7, 11) is -3.81. The van der Waals surface area contributed by atoms with Crippen molar-refractivity contribution in [1.82, 2.24) is 0 Å². The summed E-state index contributed by atoms with van der Waals surface area (Å²) in [4.78, 5) is 0.0538. The topological polar surface area (TPSA) is 70.2 Å². The normalized spacial score (nSPS) is 11.0. The second kappa shape index (κ2) is 8.96. The Kier molecular flexibility index (Phi) is 6.59. The van der Waals surface area contributed by atoms with E-state index in [0.717, 1.165) is 0 Å². The minimum absolute atomic E-state index is 0.0538. The largest absolute Gasteiger partial charge is 0.332 e. The van der Waals surface area contributed by atoms with E-state index in [-0.39, 0.29) is 20.8 Å². The molecule has 0 heterocycles. The standard InChI is InChI=1S/C19H14Cl2FN3O2S2/c20-17-9-6-15(11-18(17)21)25-29(26,27)16-7-4-13(5-8-16)23-19(28)24-14-3-1-2-12(22)10-14/h1-11,25H,(H2,23,24,28). The van der Waals surface area contributed by atoms with Crippen LogP contribution in [-0.4, -0.2) is 13.5 Å². The Morgan fingerprint density at radius 1 is 0.828 bits per heavy atom. The Morgan fingerprint density at radius 3 is 2.14 bits per heavy atom. The van der Waals surface area contributed by atoms with Gasteiger partial charge in [-0.25, -0.2) is 12.8 Å². The van der Waals surface area contributed by atoms with E-state index in [1.54, 1.807) is 24.3 Å². The average Bonchev–Trinajstić information content (AvgIpc) is 2.65. The summed E-state index contributed by atoms with van der Waals surface area (Å²) in [5, 5.41) is 6.55. The highest BCUT2D eigenvalue weighted by atomic mass is 35.5. The van der Waals surface area contributed by atoms with E-state index in [2.05, 4.69) is 15.4 Å². The van der Waals surface area contributed by atoms with Crippen molar-refractivity contribution in [3.05, 3.63) is 82.6 Å². The van der Waals surface area contributed by atoms with Crippen LogP contribution in [0, 0.1) is 5.82 Å². The number of thiocarbonyl (C=S) groups is 1. The smallest absolute Gasteiger partial charge is 0.261 e. The maximum Gasteiger partial charge on any atom is 0.261 e. The van der Waals surface area contributed by atoms with Gasteiger partial charge in [0, 0.05) is 11.4 Å². The first-order valence-corrected chi connectivity index (χ1v) is 10.8. The van der Waals surface area contributed by atoms with Crippen molar-refractivity contribution in [1.29, 1.82) is 0 Å². The Morgan fingerprint density at radius 2 is 1.48 bits per heavy atom. The summed E-state index contributed by atoms with van der Waals surface area (Å²) in [5.41, 5.74) is 1.35. The van der Waals surface area contributed by atoms with E-state index in [9.17, 15) is 12.8 Å². The zero-order valence-corrected chi connectivity index (χ0v) is 17.8. The number of halogens is 3. The molecule has 0 fully saturated rings. The molecule has 0 spiro atoms. The Hall–Kier alpha value is -2.39. The van der Waals surface area contributed by atoms with Gasteiger partial charge in [0.1, 0.15) is 5.82 Å². The minimum atomic E-state index is -3.81. The fourth-order valence-electron chi connectivity index (χ4n) is 2.35. The second-order valence-electron chi connectivity index (χ2n) is 5.85. The van der Waals surface area contributed by atoms with Crippen molar-refractivity contribution in [2.45, 2.75) is 4.90 Å². The van der Waals surface area contributed by atoms with E-state index < -0.39 is 10.0 Å². The zero-order valence-electron chi connectivity index (χ0n) is 14.6. The van der Waals surface area contributed by atoms with Crippen molar-refractivity contribution in [2.75, 3.05) is 15.4 Å². The molecule has 0 unspecified atom stereocenters. The first-order chi connectivity index (χ1) is 13.7. The van der Waals surface area contributed by atoms with Crippen LogP contribution in [-0.2, 0) is 10.0 Å². The third-order valence-electron chi connectivity index (χ3n) is 3.68. The SMILES string of the molecule is O=S(=O)(Nc1ccc(Cl)c(Cl)c1)c1ccc(NC(=S)Nc2cccc(F)c2)cc1. The van der Waals surface area contributed by atoms with Crippen LogP contribution in [0.1, 0.15) is 0 Å². The molecular formula is C19H14Cl2FN3O2S2. The Bertz CT molecular complexity index is 1160. The summed E-state index contributed by atoms with van der Waals surface area (Å²) in [6.07, 6.45) is 0. The highest BCUT2D eigenvalue weighted by Gasteiger charge is 2.15. The molecule has 3 aromatic carbocycles. The van der Waals surface area contributed by atoms with E-state index in [1.807, 2.05) is 0 Å². The van der Waals surface area contributed by atoms with Crippen LogP contribution in [0.25, 0.3) is 0 Å². The average molecular weight is 470 g/mol. The van der Waals surface area contributed by atoms with Gasteiger partial charge in [0.25, 0.3) is 10.0 Å². The molecule has 0 aliphatic rings. The molecule has 3 rings (SSSR count). The van der Waals surface area contributed by atoms with Gasteiger partial charge in [0.15, 0.2) is 5.11 Å². The van der Waals surface area contributed by atoms with Crippen LogP contribution >= 0.6 is 35.4 Å². The maximum atomic E-state index is 13.2. The Labute approximate surface area is 182 Å². The zero-order chi connectivity index (χ0) is 21.0. The highest BCUT2D eigenvalue weighted by Crippen LogP contribution is 2.26. The van der Waals surface area contributed by atoms with E-state index in [4.69, 9.17) is 35.4 Å². The summed E-state index contributed by atoms with van der Waals surface area (Å²) >= 11 is 16.9. The van der Waals surface area contributed by atoms with Crippen LogP contribution < -0.4 is 15.4 Å². The van der Waals surface area contributed by atoms with Gasteiger partial charge in [0.2, 0.25) is 0 Å². The fourth-order valence-corrected chi connectivity index (χ4v) is 3.93. The molecule has 0 aliphatic heterocycles. The summed E-state index contributed by atoms with van der Waals surface area (Å²) in [5.74, 6) is -0.387. The lowest BCUT2D eigenvalue weighted by atomic mass is 10.3. The van der Waals surface area contributed by atoms with Crippen LogP contribution in [0.3, 0.4) is 0 Å². The molecule has 5 nitrogen and oxygen atoms in total. The molecule has 0 amide bonds. The minimum Gasteiger partial charge on any atom is -0.332 e. The van der Waals surface area contributed by atoms with Gasteiger partial charge in [-0.1, -0.05) is 29.3 Å². The second-order valence-corrected chi connectivity index (χ2v) is 8.75. The third-order valence-corrected chi connectivity index (χ3v) is 6.02. The van der Waals surface area contributed by atoms with Gasteiger partial charge in [-0.3, -0.25) is 4.72 Å². The lowest BCUT2D eigenvalue weighted by molar-refractivity contribution is 0.601. The molecule has 0 saturated carbocycles. The van der Waals surface area contributed by atoms with Gasteiger partial charge in [0.05, 0.1) is 20.6 Å². The molecule has 0 aromatic heterocycles. The van der Waals surface area contributed by atoms with Crippen LogP contribution in [0.2, 0.25) is 10.0 Å². The molecule has 0 radical (unpaired) electrons. The molecule has 10 heteroatoms. The molecule has 0 aliphatic carbocycles. The Balaban J connectivity index is 1.67. The number of anilines is 3. The van der Waals surface area contributed by atoms with Crippen molar-refractivity contribution < 1.29 is 12.8 Å². The number of benzene rings is 3. The predicted molar refractivity (Wildman–Crippen MR) is 120 cm³/mol. The van der Waals surface area contributed by atoms with Crippen molar-refractivity contribution in [3.8, 4) is 0 Å². The van der Waals surface area contributed by atoms with Gasteiger partial charge in [-0.05, 0) is 72.9 Å². The first-order valence-electron chi connectivity index (χ1n) is 8.14. The molecule has 3 aromatic rings. The molecule has 29 heavy (non-hydrogen) atoms.